The van der Waals surface area contributed by atoms with Crippen LogP contribution in [0, 0.1) is 0 Å². The molecule has 0 spiro atoms. The number of nitrogens with one attached hydrogen (secondary N) is 1. The zero-order valence-electron chi connectivity index (χ0n) is 13.2. The second-order valence-corrected chi connectivity index (χ2v) is 6.55. The maximum absolute atomic E-state index is 12.1. The van der Waals surface area contributed by atoms with E-state index in [1.807, 2.05) is 58.7 Å². The van der Waals surface area contributed by atoms with Crippen molar-refractivity contribution in [2.75, 3.05) is 5.32 Å². The fraction of sp³-hybridized carbons (Fsp3) is 0.222. The van der Waals surface area contributed by atoms with Gasteiger partial charge < -0.3 is 9.88 Å². The van der Waals surface area contributed by atoms with Crippen molar-refractivity contribution in [3.05, 3.63) is 65.4 Å². The Kier molecular flexibility index (Phi) is 4.57. The molecule has 118 valence electrons. The first-order chi connectivity index (χ1) is 11.1. The molecule has 0 saturated heterocycles. The zero-order chi connectivity index (χ0) is 16.2. The summed E-state index contributed by atoms with van der Waals surface area (Å²) in [6, 6.07) is 11.9. The zero-order valence-corrected chi connectivity index (χ0v) is 14.0. The molecule has 4 nitrogen and oxygen atoms in total. The van der Waals surface area contributed by atoms with Crippen LogP contribution in [0.5, 0.6) is 0 Å². The molecular weight excluding hydrogens is 306 g/mol. The first-order valence-electron chi connectivity index (χ1n) is 7.59. The number of anilines is 1. The van der Waals surface area contributed by atoms with E-state index in [1.54, 1.807) is 0 Å². The van der Waals surface area contributed by atoms with E-state index < -0.39 is 0 Å². The predicted octanol–water partition coefficient (Wildman–Crippen LogP) is 4.24. The number of benzene rings is 1. The van der Waals surface area contributed by atoms with Gasteiger partial charge in [0.25, 0.3) is 0 Å². The van der Waals surface area contributed by atoms with Crippen molar-refractivity contribution >= 4 is 22.9 Å². The Bertz CT molecular complexity index is 773. The topological polar surface area (TPSA) is 46.9 Å². The number of aromatic nitrogens is 2. The van der Waals surface area contributed by atoms with Crippen molar-refractivity contribution in [1.82, 2.24) is 9.55 Å². The van der Waals surface area contributed by atoms with Crippen LogP contribution in [-0.4, -0.2) is 15.5 Å². The van der Waals surface area contributed by atoms with Crippen molar-refractivity contribution < 1.29 is 4.79 Å². The second kappa shape index (κ2) is 6.79. The summed E-state index contributed by atoms with van der Waals surface area (Å²) in [6.07, 6.45) is 4.17. The molecule has 0 saturated carbocycles. The van der Waals surface area contributed by atoms with Crippen molar-refractivity contribution in [1.29, 1.82) is 0 Å². The van der Waals surface area contributed by atoms with Crippen molar-refractivity contribution in [2.45, 2.75) is 26.2 Å². The summed E-state index contributed by atoms with van der Waals surface area (Å²) in [5, 5.41) is 5.72. The van der Waals surface area contributed by atoms with E-state index >= 15 is 0 Å². The molecule has 3 rings (SSSR count). The van der Waals surface area contributed by atoms with Gasteiger partial charge in [0.1, 0.15) is 0 Å². The lowest BCUT2D eigenvalue weighted by Gasteiger charge is -2.08. The number of hydrogen-bond acceptors (Lipinski definition) is 3. The van der Waals surface area contributed by atoms with Gasteiger partial charge >= 0.3 is 0 Å². The van der Waals surface area contributed by atoms with Gasteiger partial charge in [0.2, 0.25) is 5.91 Å². The first kappa shape index (κ1) is 15.5. The predicted molar refractivity (Wildman–Crippen MR) is 94.3 cm³/mol. The van der Waals surface area contributed by atoms with Crippen LogP contribution < -0.4 is 5.32 Å². The summed E-state index contributed by atoms with van der Waals surface area (Å²) >= 11 is 1.53. The highest BCUT2D eigenvalue weighted by molar-refractivity contribution is 7.12. The van der Waals surface area contributed by atoms with Crippen molar-refractivity contribution in [3.63, 3.8) is 0 Å². The quantitative estimate of drug-likeness (QED) is 0.763. The van der Waals surface area contributed by atoms with Crippen LogP contribution in [0.4, 0.5) is 5.69 Å². The summed E-state index contributed by atoms with van der Waals surface area (Å²) in [6.45, 7) is 4.30. The molecule has 0 aliphatic heterocycles. The minimum Gasteiger partial charge on any atom is -0.326 e. The van der Waals surface area contributed by atoms with Gasteiger partial charge in [-0.2, -0.15) is 0 Å². The van der Waals surface area contributed by atoms with Gasteiger partial charge in [-0.3, -0.25) is 4.79 Å². The minimum absolute atomic E-state index is 0.0494. The first-order valence-corrected chi connectivity index (χ1v) is 8.47. The molecule has 0 unspecified atom stereocenters. The van der Waals surface area contributed by atoms with E-state index in [0.717, 1.165) is 16.5 Å². The lowest BCUT2D eigenvalue weighted by Crippen LogP contribution is -2.14. The molecule has 0 atom stereocenters. The standard InChI is InChI=1S/C18H19N3OS/c1-13(2)14-5-7-15(8-6-14)19-17(22)11-16-12-23-18(20-16)21-9-3-4-10-21/h3-10,12-13H,11H2,1-2H3,(H,19,22). The van der Waals surface area contributed by atoms with E-state index in [-0.39, 0.29) is 12.3 Å². The Morgan fingerprint density at radius 1 is 1.22 bits per heavy atom. The molecule has 0 aliphatic carbocycles. The third-order valence-electron chi connectivity index (χ3n) is 3.57. The maximum Gasteiger partial charge on any atom is 0.230 e. The highest BCUT2D eigenvalue weighted by Gasteiger charge is 2.09. The smallest absolute Gasteiger partial charge is 0.230 e. The Morgan fingerprint density at radius 2 is 1.91 bits per heavy atom. The van der Waals surface area contributed by atoms with Gasteiger partial charge in [0.15, 0.2) is 5.13 Å². The molecule has 2 heterocycles. The summed E-state index contributed by atoms with van der Waals surface area (Å²) in [5.41, 5.74) is 2.87. The third-order valence-corrected chi connectivity index (χ3v) is 4.47. The van der Waals surface area contributed by atoms with E-state index in [4.69, 9.17) is 0 Å². The normalized spacial score (nSPS) is 10.9. The Labute approximate surface area is 139 Å². The van der Waals surface area contributed by atoms with Crippen molar-refractivity contribution in [3.8, 4) is 5.13 Å². The molecule has 0 fully saturated rings. The molecule has 1 N–H and O–H groups in total. The summed E-state index contributed by atoms with van der Waals surface area (Å²) in [4.78, 5) is 16.6. The van der Waals surface area contributed by atoms with Crippen LogP contribution in [0.1, 0.15) is 31.0 Å². The molecule has 0 bridgehead atoms. The van der Waals surface area contributed by atoms with Gasteiger partial charge in [-0.25, -0.2) is 4.98 Å². The SMILES string of the molecule is CC(C)c1ccc(NC(=O)Cc2csc(-n3cccc3)n2)cc1. The number of nitrogens with zero attached hydrogens (tertiary/aromatic N) is 2. The minimum atomic E-state index is -0.0494. The number of carbonyl (C=O) groups excluding carboxylic acids is 1. The summed E-state index contributed by atoms with van der Waals surface area (Å²) < 4.78 is 1.94. The number of amides is 1. The second-order valence-electron chi connectivity index (χ2n) is 5.71. The van der Waals surface area contributed by atoms with Crippen LogP contribution in [-0.2, 0) is 11.2 Å². The molecule has 0 aliphatic rings. The van der Waals surface area contributed by atoms with Crippen molar-refractivity contribution in [2.24, 2.45) is 0 Å². The maximum atomic E-state index is 12.1. The lowest BCUT2D eigenvalue weighted by molar-refractivity contribution is -0.115. The van der Waals surface area contributed by atoms with Gasteiger partial charge in [-0.05, 0) is 35.7 Å². The fourth-order valence-corrected chi connectivity index (χ4v) is 3.07. The molecule has 2 aromatic heterocycles. The van der Waals surface area contributed by atoms with Gasteiger partial charge in [0.05, 0.1) is 12.1 Å². The molecule has 5 heteroatoms. The number of hydrogen-bond donors (Lipinski definition) is 1. The highest BCUT2D eigenvalue weighted by atomic mass is 32.1. The molecule has 1 aromatic carbocycles. The van der Waals surface area contributed by atoms with E-state index in [2.05, 4.69) is 24.1 Å². The Balaban J connectivity index is 1.61. The number of carbonyl (C=O) groups is 1. The van der Waals surface area contributed by atoms with Gasteiger partial charge in [0, 0.05) is 23.5 Å². The van der Waals surface area contributed by atoms with E-state index in [9.17, 15) is 4.79 Å². The van der Waals surface area contributed by atoms with Gasteiger partial charge in [-0.15, -0.1) is 11.3 Å². The van der Waals surface area contributed by atoms with Crippen LogP contribution >= 0.6 is 11.3 Å². The van der Waals surface area contributed by atoms with E-state index in [1.165, 1.54) is 16.9 Å². The van der Waals surface area contributed by atoms with Gasteiger partial charge in [-0.1, -0.05) is 26.0 Å². The lowest BCUT2D eigenvalue weighted by atomic mass is 10.0. The average Bonchev–Trinajstić information content (AvgIpc) is 3.18. The van der Waals surface area contributed by atoms with E-state index in [0.29, 0.717) is 5.92 Å². The Hall–Kier alpha value is -2.40. The molecule has 1 amide bonds. The monoisotopic (exact) mass is 325 g/mol. The number of thiazole rings is 1. The summed E-state index contributed by atoms with van der Waals surface area (Å²) in [7, 11) is 0. The fourth-order valence-electron chi connectivity index (χ4n) is 2.28. The molecule has 3 aromatic rings. The molecular formula is C18H19N3OS. The molecule has 0 radical (unpaired) electrons. The van der Waals surface area contributed by atoms with Crippen LogP contribution in [0.2, 0.25) is 0 Å². The largest absolute Gasteiger partial charge is 0.326 e. The van der Waals surface area contributed by atoms with Crippen LogP contribution in [0.3, 0.4) is 0 Å². The summed E-state index contributed by atoms with van der Waals surface area (Å²) in [5.74, 6) is 0.438. The number of rotatable bonds is 5. The Morgan fingerprint density at radius 3 is 2.57 bits per heavy atom. The third kappa shape index (κ3) is 3.87. The molecule has 23 heavy (non-hydrogen) atoms. The van der Waals surface area contributed by atoms with Crippen LogP contribution in [0.15, 0.2) is 54.2 Å². The average molecular weight is 325 g/mol. The highest BCUT2D eigenvalue weighted by Crippen LogP contribution is 2.18. The van der Waals surface area contributed by atoms with Crippen LogP contribution in [0.25, 0.3) is 5.13 Å².